The quantitative estimate of drug-likeness (QED) is 0.696. The van der Waals surface area contributed by atoms with E-state index in [1.54, 1.807) is 6.07 Å². The first-order valence-corrected chi connectivity index (χ1v) is 9.28. The summed E-state index contributed by atoms with van der Waals surface area (Å²) in [5.41, 5.74) is 1.80. The Hall–Kier alpha value is -2.83. The summed E-state index contributed by atoms with van der Waals surface area (Å²) in [7, 11) is 0. The molecule has 0 atom stereocenters. The molecular weight excluding hydrogens is 338 g/mol. The fraction of sp³-hybridized carbons (Fsp3) is 0.286. The van der Waals surface area contributed by atoms with Gasteiger partial charge < -0.3 is 0 Å². The van der Waals surface area contributed by atoms with Crippen LogP contribution in [0.4, 0.5) is 0 Å². The van der Waals surface area contributed by atoms with Gasteiger partial charge in [0.15, 0.2) is 0 Å². The van der Waals surface area contributed by atoms with Crippen molar-refractivity contribution in [3.63, 3.8) is 0 Å². The largest absolute Gasteiger partial charge is 0.297 e. The zero-order chi connectivity index (χ0) is 18.5. The summed E-state index contributed by atoms with van der Waals surface area (Å²) >= 11 is 0. The maximum Gasteiger partial charge on any atom is 0.278 e. The maximum absolute atomic E-state index is 12.6. The average molecular weight is 361 g/mol. The van der Waals surface area contributed by atoms with Crippen molar-refractivity contribution in [3.8, 4) is 0 Å². The lowest BCUT2D eigenvalue weighted by Gasteiger charge is -2.33. The zero-order valence-corrected chi connectivity index (χ0v) is 15.2. The van der Waals surface area contributed by atoms with E-state index in [0.717, 1.165) is 32.7 Å². The molecule has 4 rings (SSSR count). The number of piperazine rings is 1. The Bertz CT molecular complexity index is 975. The fourth-order valence-corrected chi connectivity index (χ4v) is 3.32. The lowest BCUT2D eigenvalue weighted by atomic mass is 10.2. The van der Waals surface area contributed by atoms with E-state index < -0.39 is 0 Å². The monoisotopic (exact) mass is 361 g/mol. The van der Waals surface area contributed by atoms with Gasteiger partial charge in [0.2, 0.25) is 0 Å². The van der Waals surface area contributed by atoms with Crippen molar-refractivity contribution in [2.24, 2.45) is 0 Å². The highest BCUT2D eigenvalue weighted by Crippen LogP contribution is 2.06. The van der Waals surface area contributed by atoms with E-state index in [-0.39, 0.29) is 5.56 Å². The first-order chi connectivity index (χ1) is 13.3. The van der Waals surface area contributed by atoms with Crippen molar-refractivity contribution in [3.05, 3.63) is 76.6 Å². The van der Waals surface area contributed by atoms with Crippen LogP contribution in [0.25, 0.3) is 17.0 Å². The van der Waals surface area contributed by atoms with Crippen molar-refractivity contribution >= 4 is 17.0 Å². The van der Waals surface area contributed by atoms with Crippen molar-refractivity contribution in [2.45, 2.75) is 6.67 Å². The molecule has 27 heavy (non-hydrogen) atoms. The summed E-state index contributed by atoms with van der Waals surface area (Å²) < 4.78 is 1.47. The van der Waals surface area contributed by atoms with Gasteiger partial charge in [-0.15, -0.1) is 5.10 Å². The van der Waals surface area contributed by atoms with Crippen LogP contribution in [0.3, 0.4) is 0 Å². The van der Waals surface area contributed by atoms with Gasteiger partial charge in [0.1, 0.15) is 5.52 Å². The van der Waals surface area contributed by atoms with E-state index in [2.05, 4.69) is 56.5 Å². The van der Waals surface area contributed by atoms with E-state index in [4.69, 9.17) is 0 Å². The summed E-state index contributed by atoms with van der Waals surface area (Å²) in [5.74, 6) is 0. The van der Waals surface area contributed by atoms with Crippen molar-refractivity contribution in [2.75, 3.05) is 32.7 Å². The SMILES string of the molecule is O=c1c2ccccc2nnn1CN1CCN(C/C=C/c2ccccc2)CC1. The summed E-state index contributed by atoms with van der Waals surface area (Å²) in [5, 5.41) is 8.87. The zero-order valence-electron chi connectivity index (χ0n) is 15.2. The topological polar surface area (TPSA) is 54.3 Å². The van der Waals surface area contributed by atoms with Crippen LogP contribution < -0.4 is 5.56 Å². The molecule has 3 aromatic rings. The number of rotatable bonds is 5. The summed E-state index contributed by atoms with van der Waals surface area (Å²) in [6, 6.07) is 17.7. The highest BCUT2D eigenvalue weighted by molar-refractivity contribution is 5.76. The predicted molar refractivity (Wildman–Crippen MR) is 107 cm³/mol. The van der Waals surface area contributed by atoms with Gasteiger partial charge in [-0.05, 0) is 17.7 Å². The standard InChI is InChI=1S/C21H23N5O/c27-21-19-10-4-5-11-20(19)22-23-26(21)17-25-15-13-24(14-16-25)12-6-9-18-7-2-1-3-8-18/h1-11H,12-17H2/b9-6+. The molecular formula is C21H23N5O. The lowest BCUT2D eigenvalue weighted by Crippen LogP contribution is -2.48. The van der Waals surface area contributed by atoms with Crippen LogP contribution in [0.1, 0.15) is 5.56 Å². The Morgan fingerprint density at radius 2 is 1.59 bits per heavy atom. The maximum atomic E-state index is 12.6. The Balaban J connectivity index is 1.31. The minimum absolute atomic E-state index is 0.0752. The molecule has 1 saturated heterocycles. The van der Waals surface area contributed by atoms with Gasteiger partial charge in [-0.2, -0.15) is 4.68 Å². The third kappa shape index (κ3) is 4.30. The number of hydrogen-bond donors (Lipinski definition) is 0. The molecule has 6 nitrogen and oxygen atoms in total. The van der Waals surface area contributed by atoms with Crippen LogP contribution in [0.5, 0.6) is 0 Å². The molecule has 0 N–H and O–H groups in total. The van der Waals surface area contributed by atoms with Gasteiger partial charge in [0.05, 0.1) is 12.1 Å². The van der Waals surface area contributed by atoms with Crippen LogP contribution in [0, 0.1) is 0 Å². The molecule has 138 valence electrons. The molecule has 0 aliphatic carbocycles. The first-order valence-electron chi connectivity index (χ1n) is 9.28. The van der Waals surface area contributed by atoms with Crippen LogP contribution >= 0.6 is 0 Å². The van der Waals surface area contributed by atoms with E-state index >= 15 is 0 Å². The fourth-order valence-electron chi connectivity index (χ4n) is 3.32. The second-order valence-electron chi connectivity index (χ2n) is 6.78. The minimum Gasteiger partial charge on any atom is -0.297 e. The van der Waals surface area contributed by atoms with Gasteiger partial charge in [-0.1, -0.05) is 59.8 Å². The number of nitrogens with zero attached hydrogens (tertiary/aromatic N) is 5. The van der Waals surface area contributed by atoms with Crippen LogP contribution in [0.2, 0.25) is 0 Å². The Kier molecular flexibility index (Phi) is 5.37. The highest BCUT2D eigenvalue weighted by atomic mass is 16.1. The predicted octanol–water partition coefficient (Wildman–Crippen LogP) is 2.08. The second kappa shape index (κ2) is 8.24. The van der Waals surface area contributed by atoms with Crippen LogP contribution in [0.15, 0.2) is 65.5 Å². The molecule has 1 aliphatic heterocycles. The van der Waals surface area contributed by atoms with Crippen molar-refractivity contribution < 1.29 is 0 Å². The molecule has 1 aromatic heterocycles. The van der Waals surface area contributed by atoms with Gasteiger partial charge in [-0.3, -0.25) is 14.6 Å². The van der Waals surface area contributed by atoms with Crippen LogP contribution in [-0.2, 0) is 6.67 Å². The Morgan fingerprint density at radius 1 is 0.889 bits per heavy atom. The molecule has 0 amide bonds. The van der Waals surface area contributed by atoms with E-state index in [0.29, 0.717) is 17.6 Å². The molecule has 1 fully saturated rings. The molecule has 2 aromatic carbocycles. The molecule has 0 unspecified atom stereocenters. The number of aromatic nitrogens is 3. The molecule has 1 aliphatic rings. The minimum atomic E-state index is -0.0752. The van der Waals surface area contributed by atoms with Gasteiger partial charge in [-0.25, -0.2) is 0 Å². The smallest absolute Gasteiger partial charge is 0.278 e. The van der Waals surface area contributed by atoms with E-state index in [1.807, 2.05) is 24.3 Å². The van der Waals surface area contributed by atoms with Crippen molar-refractivity contribution in [1.82, 2.24) is 24.8 Å². The normalized spacial score (nSPS) is 16.3. The van der Waals surface area contributed by atoms with E-state index in [1.165, 1.54) is 10.2 Å². The molecule has 0 spiro atoms. The summed E-state index contributed by atoms with van der Waals surface area (Å²) in [6.07, 6.45) is 4.38. The van der Waals surface area contributed by atoms with Crippen LogP contribution in [-0.4, -0.2) is 57.5 Å². The third-order valence-corrected chi connectivity index (χ3v) is 4.90. The highest BCUT2D eigenvalue weighted by Gasteiger charge is 2.17. The summed E-state index contributed by atoms with van der Waals surface area (Å²) in [4.78, 5) is 17.2. The second-order valence-corrected chi connectivity index (χ2v) is 6.78. The summed E-state index contributed by atoms with van der Waals surface area (Å²) in [6.45, 7) is 5.23. The first kappa shape index (κ1) is 17.6. The molecule has 0 saturated carbocycles. The average Bonchev–Trinajstić information content (AvgIpc) is 2.72. The molecule has 0 bridgehead atoms. The lowest BCUT2D eigenvalue weighted by molar-refractivity contribution is 0.108. The van der Waals surface area contributed by atoms with E-state index in [9.17, 15) is 4.79 Å². The van der Waals surface area contributed by atoms with Gasteiger partial charge in [0, 0.05) is 32.7 Å². The molecule has 0 radical (unpaired) electrons. The number of fused-ring (bicyclic) bond motifs is 1. The van der Waals surface area contributed by atoms with Crippen molar-refractivity contribution in [1.29, 1.82) is 0 Å². The van der Waals surface area contributed by atoms with Gasteiger partial charge in [0.25, 0.3) is 5.56 Å². The Labute approximate surface area is 158 Å². The van der Waals surface area contributed by atoms with Gasteiger partial charge >= 0.3 is 0 Å². The molecule has 2 heterocycles. The third-order valence-electron chi connectivity index (χ3n) is 4.90. The Morgan fingerprint density at radius 3 is 2.41 bits per heavy atom. The number of hydrogen-bond acceptors (Lipinski definition) is 5. The molecule has 6 heteroatoms. The number of benzene rings is 2.